The van der Waals surface area contributed by atoms with Gasteiger partial charge in [0, 0.05) is 35.2 Å². The van der Waals surface area contributed by atoms with E-state index < -0.39 is 53.4 Å². The summed E-state index contributed by atoms with van der Waals surface area (Å²) in [5.41, 5.74) is 4.01. The molecule has 2 aromatic carbocycles. The molecule has 0 saturated carbocycles. The lowest BCUT2D eigenvalue weighted by atomic mass is 9.74. The van der Waals surface area contributed by atoms with E-state index in [0.717, 1.165) is 11.1 Å². The topological polar surface area (TPSA) is 153 Å². The number of hydrogen-bond donors (Lipinski definition) is 3. The summed E-state index contributed by atoms with van der Waals surface area (Å²) in [5.74, 6) is -0.942. The number of aromatic hydroxyl groups is 1. The van der Waals surface area contributed by atoms with Crippen molar-refractivity contribution in [2.24, 2.45) is 0 Å². The van der Waals surface area contributed by atoms with Gasteiger partial charge in [0.2, 0.25) is 12.6 Å². The quantitative estimate of drug-likeness (QED) is 0.262. The fraction of sp³-hybridized carbons (Fsp3) is 0.483. The number of esters is 2. The Hall–Kier alpha value is -3.52. The van der Waals surface area contributed by atoms with Crippen LogP contribution in [0.4, 0.5) is 0 Å². The van der Waals surface area contributed by atoms with Crippen LogP contribution < -0.4 is 24.3 Å². The number of carbonyl (C=O) groups is 3. The number of carbonyl (C=O) groups excluding carboxylic acids is 3. The van der Waals surface area contributed by atoms with Gasteiger partial charge in [-0.2, -0.15) is 0 Å². The minimum Gasteiger partial charge on any atom is -0.504 e. The molecular formula is C29H30N2O10S. The number of phenols is 1. The first-order chi connectivity index (χ1) is 20.1. The molecule has 12 nitrogen and oxygen atoms in total. The zero-order valence-corrected chi connectivity index (χ0v) is 24.2. The van der Waals surface area contributed by atoms with Crippen LogP contribution in [-0.2, 0) is 25.5 Å². The molecule has 0 aliphatic carbocycles. The molecule has 3 N–H and O–H groups in total. The summed E-state index contributed by atoms with van der Waals surface area (Å²) in [4.78, 5) is 39.7. The molecule has 5 aliphatic heterocycles. The molecule has 5 heterocycles. The van der Waals surface area contributed by atoms with Crippen LogP contribution in [0.2, 0.25) is 0 Å². The lowest BCUT2D eigenvalue weighted by Gasteiger charge is -2.59. The van der Waals surface area contributed by atoms with Crippen molar-refractivity contribution in [3.8, 4) is 28.7 Å². The first kappa shape index (κ1) is 27.3. The SMILES string of the molecule is COc1c(C)cc2c(c1O)[C@H]1N[C@@H](C2)[C@@H](O)N2[C@@H]1[C@@H]1SCC(=O)C(=O)OC[C@H]2c2c3c(c(C)c(OC(C)=O)c21)OCO3. The van der Waals surface area contributed by atoms with Crippen molar-refractivity contribution in [1.82, 2.24) is 10.2 Å². The second-order valence-electron chi connectivity index (χ2n) is 11.2. The molecule has 7 rings (SSSR count). The lowest BCUT2D eigenvalue weighted by molar-refractivity contribution is -0.162. The van der Waals surface area contributed by atoms with Crippen molar-refractivity contribution in [2.45, 2.75) is 62.8 Å². The summed E-state index contributed by atoms with van der Waals surface area (Å²) in [6, 6.07) is -0.375. The fourth-order valence-electron chi connectivity index (χ4n) is 7.32. The fourth-order valence-corrected chi connectivity index (χ4v) is 8.66. The van der Waals surface area contributed by atoms with Gasteiger partial charge in [-0.1, -0.05) is 6.07 Å². The summed E-state index contributed by atoms with van der Waals surface area (Å²) in [5, 5.41) is 26.4. The summed E-state index contributed by atoms with van der Waals surface area (Å²) in [7, 11) is 1.50. The summed E-state index contributed by atoms with van der Waals surface area (Å²) in [6.07, 6.45) is -0.621. The monoisotopic (exact) mass is 598 g/mol. The first-order valence-electron chi connectivity index (χ1n) is 13.7. The van der Waals surface area contributed by atoms with Crippen LogP contribution >= 0.6 is 11.8 Å². The van der Waals surface area contributed by atoms with Crippen molar-refractivity contribution in [3.05, 3.63) is 39.4 Å². The summed E-state index contributed by atoms with van der Waals surface area (Å²) in [6.45, 7) is 4.60. The number of Topliss-reactive ketones (excluding diaryl/α,β-unsaturated/α-hetero) is 1. The molecule has 42 heavy (non-hydrogen) atoms. The Bertz CT molecular complexity index is 1560. The van der Waals surface area contributed by atoms with Gasteiger partial charge in [-0.15, -0.1) is 11.8 Å². The van der Waals surface area contributed by atoms with Gasteiger partial charge in [0.25, 0.3) is 0 Å². The minimum absolute atomic E-state index is 0.00237. The second-order valence-corrected chi connectivity index (χ2v) is 12.3. The van der Waals surface area contributed by atoms with E-state index in [-0.39, 0.29) is 30.7 Å². The van der Waals surface area contributed by atoms with E-state index in [1.165, 1.54) is 25.8 Å². The highest BCUT2D eigenvalue weighted by molar-refractivity contribution is 8.00. The standard InChI is InChI=1S/C29H30N2O10S/c1-10-5-13-6-14-28(35)31-15-7-38-29(36)16(33)8-42-27(21(31)20(30-14)17(13)22(34)23(10)37-4)19-18(15)26-25(39-9-40-26)11(2)24(19)41-12(3)32/h5,14-15,20-21,27-28,30,34-35H,6-9H2,1-4H3/t14-,15-,20+,21-,27+,28+/m0/s1. The van der Waals surface area contributed by atoms with Gasteiger partial charge in [0.05, 0.1) is 36.2 Å². The van der Waals surface area contributed by atoms with E-state index in [1.54, 1.807) is 6.92 Å². The molecule has 4 bridgehead atoms. The van der Waals surface area contributed by atoms with Crippen LogP contribution in [0.25, 0.3) is 0 Å². The van der Waals surface area contributed by atoms with Gasteiger partial charge in [-0.25, -0.2) is 4.79 Å². The Kier molecular flexibility index (Phi) is 6.35. The average Bonchev–Trinajstić information content (AvgIpc) is 3.44. The number of rotatable bonds is 2. The molecule has 13 heteroatoms. The number of aliphatic hydroxyl groups excluding tert-OH is 1. The molecule has 6 atom stereocenters. The largest absolute Gasteiger partial charge is 0.504 e. The van der Waals surface area contributed by atoms with Crippen LogP contribution in [0.15, 0.2) is 6.07 Å². The molecule has 0 amide bonds. The Morgan fingerprint density at radius 2 is 1.88 bits per heavy atom. The number of benzene rings is 2. The van der Waals surface area contributed by atoms with Crippen LogP contribution in [0, 0.1) is 13.8 Å². The normalized spacial score (nSPS) is 29.3. The van der Waals surface area contributed by atoms with Crippen molar-refractivity contribution >= 4 is 29.5 Å². The number of cyclic esters (lactones) is 1. The maximum Gasteiger partial charge on any atom is 0.375 e. The zero-order valence-electron chi connectivity index (χ0n) is 23.4. The number of hydrogen-bond acceptors (Lipinski definition) is 13. The van der Waals surface area contributed by atoms with Gasteiger partial charge in [-0.05, 0) is 31.4 Å². The highest BCUT2D eigenvalue weighted by Gasteiger charge is 2.58. The van der Waals surface area contributed by atoms with Crippen molar-refractivity contribution < 1.29 is 48.3 Å². The molecule has 2 aromatic rings. The van der Waals surface area contributed by atoms with E-state index in [9.17, 15) is 24.6 Å². The summed E-state index contributed by atoms with van der Waals surface area (Å²) < 4.78 is 28.7. The number of thioether (sulfide) groups is 1. The van der Waals surface area contributed by atoms with Crippen molar-refractivity contribution in [1.29, 1.82) is 0 Å². The van der Waals surface area contributed by atoms with Crippen LogP contribution in [0.1, 0.15) is 57.6 Å². The molecule has 0 spiro atoms. The predicted molar refractivity (Wildman–Crippen MR) is 147 cm³/mol. The van der Waals surface area contributed by atoms with Gasteiger partial charge in [0.15, 0.2) is 23.0 Å². The average molecular weight is 599 g/mol. The zero-order chi connectivity index (χ0) is 29.6. The molecule has 2 saturated heterocycles. The van der Waals surface area contributed by atoms with E-state index in [4.69, 9.17) is 23.7 Å². The lowest BCUT2D eigenvalue weighted by Crippen LogP contribution is -2.69. The molecule has 2 fully saturated rings. The van der Waals surface area contributed by atoms with E-state index in [2.05, 4.69) is 5.32 Å². The number of ether oxygens (including phenoxy) is 5. The third-order valence-electron chi connectivity index (χ3n) is 8.87. The Morgan fingerprint density at radius 3 is 2.62 bits per heavy atom. The molecule has 222 valence electrons. The Morgan fingerprint density at radius 1 is 1.12 bits per heavy atom. The van der Waals surface area contributed by atoms with Crippen LogP contribution in [0.3, 0.4) is 0 Å². The number of methoxy groups -OCH3 is 1. The van der Waals surface area contributed by atoms with Crippen molar-refractivity contribution in [3.63, 3.8) is 0 Å². The molecule has 0 aromatic heterocycles. The maximum atomic E-state index is 12.8. The van der Waals surface area contributed by atoms with E-state index in [1.807, 2.05) is 17.9 Å². The highest BCUT2D eigenvalue weighted by Crippen LogP contribution is 2.62. The van der Waals surface area contributed by atoms with Gasteiger partial charge in [-0.3, -0.25) is 14.5 Å². The summed E-state index contributed by atoms with van der Waals surface area (Å²) >= 11 is 1.19. The molecule has 0 radical (unpaired) electrons. The number of ketones is 1. The van der Waals surface area contributed by atoms with E-state index in [0.29, 0.717) is 45.9 Å². The minimum atomic E-state index is -1.05. The number of phenolic OH excluding ortho intramolecular Hbond substituents is 1. The number of fused-ring (bicyclic) bond motifs is 9. The third kappa shape index (κ3) is 3.76. The number of piperazine rings is 1. The molecular weight excluding hydrogens is 568 g/mol. The molecule has 5 aliphatic rings. The number of aliphatic hydroxyl groups is 1. The Labute approximate surface area is 245 Å². The third-order valence-corrected chi connectivity index (χ3v) is 10.2. The number of aryl methyl sites for hydroxylation is 1. The van der Waals surface area contributed by atoms with E-state index >= 15 is 0 Å². The van der Waals surface area contributed by atoms with Crippen LogP contribution in [0.5, 0.6) is 28.7 Å². The molecule has 0 unspecified atom stereocenters. The number of nitrogens with one attached hydrogen (secondary N) is 1. The predicted octanol–water partition coefficient (Wildman–Crippen LogP) is 1.88. The smallest absolute Gasteiger partial charge is 0.375 e. The first-order valence-corrected chi connectivity index (χ1v) is 14.7. The van der Waals surface area contributed by atoms with Crippen molar-refractivity contribution in [2.75, 3.05) is 26.3 Å². The van der Waals surface area contributed by atoms with Crippen LogP contribution in [-0.4, -0.2) is 77.4 Å². The Balaban J connectivity index is 1.53. The van der Waals surface area contributed by atoms with Gasteiger partial charge in [0.1, 0.15) is 18.6 Å². The maximum absolute atomic E-state index is 12.8. The second kappa shape index (κ2) is 9.76. The number of nitrogens with zero attached hydrogens (tertiary/aromatic N) is 1. The van der Waals surface area contributed by atoms with Gasteiger partial charge < -0.3 is 39.2 Å². The highest BCUT2D eigenvalue weighted by atomic mass is 32.2. The van der Waals surface area contributed by atoms with Gasteiger partial charge >= 0.3 is 11.9 Å².